The first-order chi connectivity index (χ1) is 14.1. The number of rotatable bonds is 5. The number of nitrogens with zero attached hydrogens (tertiary/aromatic N) is 5. The van der Waals surface area contributed by atoms with Gasteiger partial charge in [-0.15, -0.1) is 10.2 Å². The zero-order valence-electron chi connectivity index (χ0n) is 16.4. The highest BCUT2D eigenvalue weighted by Gasteiger charge is 2.24. The van der Waals surface area contributed by atoms with Gasteiger partial charge >= 0.3 is 0 Å². The molecule has 1 saturated carbocycles. The number of aryl methyl sites for hydroxylation is 1. The number of aromatic nitrogens is 4. The SMILES string of the molecule is Cc1nnc(CN(C)C(=O)c2cc3ccc(-c4cccc(C5CC5)c4)n3cn2)o1. The van der Waals surface area contributed by atoms with Crippen LogP contribution in [0.3, 0.4) is 0 Å². The minimum Gasteiger partial charge on any atom is -0.424 e. The predicted octanol–water partition coefficient (Wildman–Crippen LogP) is 3.84. The molecule has 1 aliphatic carbocycles. The zero-order valence-corrected chi connectivity index (χ0v) is 16.4. The molecule has 146 valence electrons. The minimum atomic E-state index is -0.193. The van der Waals surface area contributed by atoms with Gasteiger partial charge in [-0.05, 0) is 54.2 Å². The normalized spacial score (nSPS) is 13.7. The van der Waals surface area contributed by atoms with Crippen LogP contribution in [0.4, 0.5) is 0 Å². The first-order valence-electron chi connectivity index (χ1n) is 9.70. The smallest absolute Gasteiger partial charge is 0.272 e. The Kier molecular flexibility index (Phi) is 4.16. The highest BCUT2D eigenvalue weighted by atomic mass is 16.4. The molecule has 1 aromatic carbocycles. The van der Waals surface area contributed by atoms with Crippen LogP contribution in [0.15, 0.2) is 53.2 Å². The lowest BCUT2D eigenvalue weighted by molar-refractivity contribution is 0.0766. The summed E-state index contributed by atoms with van der Waals surface area (Å²) in [4.78, 5) is 18.7. The quantitative estimate of drug-likeness (QED) is 0.520. The van der Waals surface area contributed by atoms with Crippen LogP contribution in [0.2, 0.25) is 0 Å². The van der Waals surface area contributed by atoms with Crippen molar-refractivity contribution in [2.75, 3.05) is 7.05 Å². The van der Waals surface area contributed by atoms with Gasteiger partial charge in [0.25, 0.3) is 5.91 Å². The van der Waals surface area contributed by atoms with E-state index in [1.807, 2.05) is 16.5 Å². The van der Waals surface area contributed by atoms with E-state index in [0.717, 1.165) is 11.2 Å². The van der Waals surface area contributed by atoms with E-state index in [9.17, 15) is 4.79 Å². The number of amides is 1. The first-order valence-corrected chi connectivity index (χ1v) is 9.70. The molecule has 5 rings (SSSR count). The summed E-state index contributed by atoms with van der Waals surface area (Å²) in [5.74, 6) is 1.40. The van der Waals surface area contributed by atoms with Gasteiger partial charge in [0.1, 0.15) is 12.0 Å². The number of hydrogen-bond donors (Lipinski definition) is 0. The van der Waals surface area contributed by atoms with Crippen LogP contribution in [0.5, 0.6) is 0 Å². The third-order valence-electron chi connectivity index (χ3n) is 5.28. The molecule has 4 aromatic rings. The molecule has 0 spiro atoms. The van der Waals surface area contributed by atoms with Gasteiger partial charge in [-0.2, -0.15) is 0 Å². The summed E-state index contributed by atoms with van der Waals surface area (Å²) in [5.41, 5.74) is 4.95. The monoisotopic (exact) mass is 387 g/mol. The molecule has 29 heavy (non-hydrogen) atoms. The van der Waals surface area contributed by atoms with E-state index < -0.39 is 0 Å². The molecule has 1 aliphatic rings. The van der Waals surface area contributed by atoms with Crippen molar-refractivity contribution in [2.45, 2.75) is 32.2 Å². The summed E-state index contributed by atoms with van der Waals surface area (Å²) in [6, 6.07) is 14.6. The van der Waals surface area contributed by atoms with Gasteiger partial charge in [-0.25, -0.2) is 4.98 Å². The molecule has 3 heterocycles. The second kappa shape index (κ2) is 6.84. The average molecular weight is 387 g/mol. The Bertz CT molecular complexity index is 1200. The third-order valence-corrected chi connectivity index (χ3v) is 5.28. The summed E-state index contributed by atoms with van der Waals surface area (Å²) >= 11 is 0. The van der Waals surface area contributed by atoms with E-state index >= 15 is 0 Å². The van der Waals surface area contributed by atoms with Crippen molar-refractivity contribution in [3.8, 4) is 11.3 Å². The summed E-state index contributed by atoms with van der Waals surface area (Å²) in [6.07, 6.45) is 4.27. The fourth-order valence-corrected chi connectivity index (χ4v) is 3.60. The van der Waals surface area contributed by atoms with Crippen molar-refractivity contribution in [1.29, 1.82) is 0 Å². The van der Waals surface area contributed by atoms with Crippen molar-refractivity contribution < 1.29 is 9.21 Å². The Morgan fingerprint density at radius 3 is 2.83 bits per heavy atom. The van der Waals surface area contributed by atoms with Crippen molar-refractivity contribution in [3.63, 3.8) is 0 Å². The minimum absolute atomic E-state index is 0.193. The van der Waals surface area contributed by atoms with Gasteiger partial charge in [0, 0.05) is 19.5 Å². The van der Waals surface area contributed by atoms with Gasteiger partial charge in [-0.3, -0.25) is 4.79 Å². The lowest BCUT2D eigenvalue weighted by Crippen LogP contribution is -2.27. The largest absolute Gasteiger partial charge is 0.424 e. The molecule has 1 fully saturated rings. The molecule has 0 atom stereocenters. The fourth-order valence-electron chi connectivity index (χ4n) is 3.60. The fraction of sp³-hybridized carbons (Fsp3) is 0.273. The van der Waals surface area contributed by atoms with E-state index in [4.69, 9.17) is 4.42 Å². The summed E-state index contributed by atoms with van der Waals surface area (Å²) in [6.45, 7) is 1.96. The molecule has 7 nitrogen and oxygen atoms in total. The lowest BCUT2D eigenvalue weighted by atomic mass is 10.1. The highest BCUT2D eigenvalue weighted by Crippen LogP contribution is 2.41. The maximum atomic E-state index is 12.8. The van der Waals surface area contributed by atoms with Crippen LogP contribution in [0.25, 0.3) is 16.8 Å². The molecule has 0 N–H and O–H groups in total. The van der Waals surface area contributed by atoms with Crippen LogP contribution in [0.1, 0.15) is 46.6 Å². The van der Waals surface area contributed by atoms with Crippen LogP contribution in [0, 0.1) is 6.92 Å². The zero-order chi connectivity index (χ0) is 20.0. The van der Waals surface area contributed by atoms with E-state index in [0.29, 0.717) is 23.4 Å². The topological polar surface area (TPSA) is 76.5 Å². The van der Waals surface area contributed by atoms with Crippen LogP contribution in [-0.4, -0.2) is 37.4 Å². The van der Waals surface area contributed by atoms with Gasteiger partial charge in [0.2, 0.25) is 11.8 Å². The maximum Gasteiger partial charge on any atom is 0.272 e. The number of carbonyl (C=O) groups excluding carboxylic acids is 1. The molecular formula is C22H21N5O2. The molecule has 7 heteroatoms. The van der Waals surface area contributed by atoms with Gasteiger partial charge in [-0.1, -0.05) is 18.2 Å². The third kappa shape index (κ3) is 3.40. The molecule has 1 amide bonds. The summed E-state index contributed by atoms with van der Waals surface area (Å²) < 4.78 is 7.37. The molecule has 3 aromatic heterocycles. The van der Waals surface area contributed by atoms with Crippen molar-refractivity contribution in [1.82, 2.24) is 24.5 Å². The number of fused-ring (bicyclic) bond motifs is 1. The summed E-state index contributed by atoms with van der Waals surface area (Å²) in [7, 11) is 1.70. The summed E-state index contributed by atoms with van der Waals surface area (Å²) in [5, 5.41) is 7.73. The highest BCUT2D eigenvalue weighted by molar-refractivity contribution is 5.93. The van der Waals surface area contributed by atoms with Gasteiger partial charge < -0.3 is 13.7 Å². The standard InChI is InChI=1S/C22H21N5O2/c1-14-24-25-21(29-14)12-26(2)22(28)19-11-18-8-9-20(27(18)13-23-19)17-5-3-4-16(10-17)15-6-7-15/h3-5,8-11,13,15H,6-7,12H2,1-2H3. The lowest BCUT2D eigenvalue weighted by Gasteiger charge is -2.14. The van der Waals surface area contributed by atoms with E-state index in [2.05, 4.69) is 45.5 Å². The van der Waals surface area contributed by atoms with Gasteiger partial charge in [0.05, 0.1) is 12.2 Å². The molecule has 0 saturated heterocycles. The Labute approximate surface area is 168 Å². The first kappa shape index (κ1) is 17.6. The van der Waals surface area contributed by atoms with Gasteiger partial charge in [0.15, 0.2) is 0 Å². The number of hydrogen-bond acceptors (Lipinski definition) is 5. The Morgan fingerprint density at radius 2 is 2.07 bits per heavy atom. The maximum absolute atomic E-state index is 12.8. The number of benzene rings is 1. The average Bonchev–Trinajstić information content (AvgIpc) is 3.38. The molecule has 0 radical (unpaired) electrons. The Hall–Kier alpha value is -3.48. The number of carbonyl (C=O) groups is 1. The van der Waals surface area contributed by atoms with Crippen molar-refractivity contribution in [2.24, 2.45) is 0 Å². The molecular weight excluding hydrogens is 366 g/mol. The predicted molar refractivity (Wildman–Crippen MR) is 107 cm³/mol. The van der Waals surface area contributed by atoms with Crippen LogP contribution >= 0.6 is 0 Å². The van der Waals surface area contributed by atoms with E-state index in [1.165, 1.54) is 28.9 Å². The van der Waals surface area contributed by atoms with E-state index in [1.54, 1.807) is 20.3 Å². The second-order valence-electron chi connectivity index (χ2n) is 7.56. The van der Waals surface area contributed by atoms with Crippen LogP contribution < -0.4 is 0 Å². The Balaban J connectivity index is 1.41. The molecule has 0 unspecified atom stereocenters. The van der Waals surface area contributed by atoms with Crippen molar-refractivity contribution in [3.05, 3.63) is 71.8 Å². The Morgan fingerprint density at radius 1 is 1.21 bits per heavy atom. The second-order valence-corrected chi connectivity index (χ2v) is 7.56. The van der Waals surface area contributed by atoms with E-state index in [-0.39, 0.29) is 12.5 Å². The van der Waals surface area contributed by atoms with Crippen LogP contribution in [-0.2, 0) is 6.54 Å². The molecule has 0 aliphatic heterocycles. The van der Waals surface area contributed by atoms with Crippen molar-refractivity contribution >= 4 is 11.4 Å². The molecule has 0 bridgehead atoms.